The Morgan fingerprint density at radius 3 is 2.65 bits per heavy atom. The average Bonchev–Trinajstić information content (AvgIpc) is 3.22. The van der Waals surface area contributed by atoms with E-state index in [1.54, 1.807) is 10.7 Å². The Hall–Kier alpha value is -3.01. The number of hydrogen-bond donors (Lipinski definition) is 2. The lowest BCUT2D eigenvalue weighted by atomic mass is 10.0. The van der Waals surface area contributed by atoms with E-state index in [9.17, 15) is 4.39 Å². The van der Waals surface area contributed by atoms with Crippen molar-refractivity contribution in [1.82, 2.24) is 29.5 Å². The number of nitrogens with two attached hydrogens (primary N) is 1. The van der Waals surface area contributed by atoms with Crippen molar-refractivity contribution < 1.29 is 4.39 Å². The zero-order valence-corrected chi connectivity index (χ0v) is 20.6. The van der Waals surface area contributed by atoms with Crippen LogP contribution in [0.25, 0.3) is 5.65 Å². The first-order valence-corrected chi connectivity index (χ1v) is 12.1. The highest BCUT2D eigenvalue weighted by molar-refractivity contribution is 5.61. The Morgan fingerprint density at radius 2 is 2.00 bits per heavy atom. The summed E-state index contributed by atoms with van der Waals surface area (Å²) in [7, 11) is 4.31. The fourth-order valence-electron chi connectivity index (χ4n) is 4.71. The zero-order chi connectivity index (χ0) is 24.2. The van der Waals surface area contributed by atoms with Gasteiger partial charge in [-0.25, -0.2) is 18.9 Å². The smallest absolute Gasteiger partial charge is 0.243 e. The monoisotopic (exact) mass is 469 g/mol. The minimum atomic E-state index is -0.490. The molecule has 3 aromatic heterocycles. The van der Waals surface area contributed by atoms with Gasteiger partial charge in [0.15, 0.2) is 11.5 Å². The number of anilines is 3. The van der Waals surface area contributed by atoms with Gasteiger partial charge in [0.2, 0.25) is 5.95 Å². The van der Waals surface area contributed by atoms with Crippen LogP contribution < -0.4 is 16.0 Å². The summed E-state index contributed by atoms with van der Waals surface area (Å²) in [6, 6.07) is 2.49. The maximum atomic E-state index is 13.3. The third kappa shape index (κ3) is 5.22. The lowest BCUT2D eigenvalue weighted by molar-refractivity contribution is 0.249. The molecular weight excluding hydrogens is 433 g/mol. The summed E-state index contributed by atoms with van der Waals surface area (Å²) in [5.41, 5.74) is 9.73. The molecule has 1 fully saturated rings. The minimum Gasteiger partial charge on any atom is -0.380 e. The molecule has 34 heavy (non-hydrogen) atoms. The van der Waals surface area contributed by atoms with Crippen LogP contribution in [0.4, 0.5) is 22.0 Å². The average molecular weight is 470 g/mol. The molecule has 3 N–H and O–H groups in total. The molecule has 184 valence electrons. The van der Waals surface area contributed by atoms with Crippen LogP contribution in [0.15, 0.2) is 18.5 Å². The number of fused-ring (bicyclic) bond motifs is 1. The van der Waals surface area contributed by atoms with Crippen LogP contribution >= 0.6 is 0 Å². The molecule has 9 nitrogen and oxygen atoms in total. The van der Waals surface area contributed by atoms with E-state index in [0.29, 0.717) is 30.5 Å². The number of halogens is 1. The van der Waals surface area contributed by atoms with Gasteiger partial charge in [0, 0.05) is 31.7 Å². The number of pyridine rings is 1. The molecule has 3 aromatic rings. The molecule has 0 aliphatic carbocycles. The van der Waals surface area contributed by atoms with Crippen molar-refractivity contribution in [3.05, 3.63) is 35.3 Å². The number of nitrogen functional groups attached to an aromatic ring is 1. The van der Waals surface area contributed by atoms with Gasteiger partial charge in [0.1, 0.15) is 12.5 Å². The van der Waals surface area contributed by atoms with Crippen LogP contribution in [-0.4, -0.2) is 75.4 Å². The standard InChI is InChI=1S/C24H36FN9/c1-5-6-18(13-25)29-24-30-21(26)23-28-15-20(34(23)31-24)12-17-11-16(2)22(27-14-17)33-9-7-19(8-10-33)32(3)4/h11,14-15,18-19H,5-10,12-13H2,1-4H3,(H3,26,29,30,31)/t18-/m1/s1. The van der Waals surface area contributed by atoms with E-state index in [1.165, 1.54) is 0 Å². The molecule has 4 heterocycles. The minimum absolute atomic E-state index is 0.267. The van der Waals surface area contributed by atoms with Crippen LogP contribution in [0.2, 0.25) is 0 Å². The molecule has 0 aromatic carbocycles. The van der Waals surface area contributed by atoms with E-state index in [0.717, 1.165) is 55.0 Å². The summed E-state index contributed by atoms with van der Waals surface area (Å²) in [4.78, 5) is 18.2. The third-order valence-corrected chi connectivity index (χ3v) is 6.60. The largest absolute Gasteiger partial charge is 0.380 e. The summed E-state index contributed by atoms with van der Waals surface area (Å²) >= 11 is 0. The van der Waals surface area contributed by atoms with Crippen molar-refractivity contribution in [2.75, 3.05) is 49.8 Å². The molecule has 0 radical (unpaired) electrons. The van der Waals surface area contributed by atoms with Crippen LogP contribution in [0.1, 0.15) is 49.4 Å². The summed E-state index contributed by atoms with van der Waals surface area (Å²) in [5.74, 6) is 1.64. The topological polar surface area (TPSA) is 100 Å². The molecule has 1 aliphatic heterocycles. The van der Waals surface area contributed by atoms with Crippen molar-refractivity contribution in [2.45, 2.75) is 58.0 Å². The van der Waals surface area contributed by atoms with Gasteiger partial charge < -0.3 is 20.9 Å². The molecule has 4 rings (SSSR count). The van der Waals surface area contributed by atoms with Crippen molar-refractivity contribution in [3.8, 4) is 0 Å². The number of rotatable bonds is 9. The van der Waals surface area contributed by atoms with Crippen LogP contribution in [-0.2, 0) is 6.42 Å². The summed E-state index contributed by atoms with van der Waals surface area (Å²) in [5, 5.41) is 7.61. The first-order chi connectivity index (χ1) is 16.4. The summed E-state index contributed by atoms with van der Waals surface area (Å²) < 4.78 is 15.0. The highest BCUT2D eigenvalue weighted by Crippen LogP contribution is 2.25. The van der Waals surface area contributed by atoms with Crippen molar-refractivity contribution in [2.24, 2.45) is 0 Å². The van der Waals surface area contributed by atoms with Gasteiger partial charge in [-0.15, -0.1) is 5.10 Å². The molecule has 1 aliphatic rings. The highest BCUT2D eigenvalue weighted by atomic mass is 19.1. The number of nitrogens with zero attached hydrogens (tertiary/aromatic N) is 7. The zero-order valence-electron chi connectivity index (χ0n) is 20.6. The number of imidazole rings is 1. The van der Waals surface area contributed by atoms with Crippen LogP contribution in [0, 0.1) is 6.92 Å². The SMILES string of the molecule is CCC[C@H](CF)Nc1nc(N)c2ncc(Cc3cnc(N4CCC(N(C)C)CC4)c(C)c3)n2n1. The first-order valence-electron chi connectivity index (χ1n) is 12.1. The Bertz CT molecular complexity index is 1110. The van der Waals surface area contributed by atoms with Gasteiger partial charge >= 0.3 is 0 Å². The van der Waals surface area contributed by atoms with Crippen molar-refractivity contribution in [1.29, 1.82) is 0 Å². The third-order valence-electron chi connectivity index (χ3n) is 6.60. The second-order valence-electron chi connectivity index (χ2n) is 9.43. The van der Waals surface area contributed by atoms with Gasteiger partial charge in [-0.2, -0.15) is 4.98 Å². The fourth-order valence-corrected chi connectivity index (χ4v) is 4.71. The summed E-state index contributed by atoms with van der Waals surface area (Å²) in [6.45, 7) is 5.69. The van der Waals surface area contributed by atoms with Crippen LogP contribution in [0.3, 0.4) is 0 Å². The Kier molecular flexibility index (Phi) is 7.45. The number of hydrogen-bond acceptors (Lipinski definition) is 8. The van der Waals surface area contributed by atoms with E-state index in [1.807, 2.05) is 13.1 Å². The van der Waals surface area contributed by atoms with Gasteiger partial charge in [-0.1, -0.05) is 19.4 Å². The Morgan fingerprint density at radius 1 is 1.24 bits per heavy atom. The predicted molar refractivity (Wildman–Crippen MR) is 134 cm³/mol. The maximum absolute atomic E-state index is 13.3. The van der Waals surface area contributed by atoms with Gasteiger partial charge in [-0.3, -0.25) is 0 Å². The second kappa shape index (κ2) is 10.5. The second-order valence-corrected chi connectivity index (χ2v) is 9.43. The van der Waals surface area contributed by atoms with Gasteiger partial charge in [0.05, 0.1) is 17.9 Å². The van der Waals surface area contributed by atoms with Crippen LogP contribution in [0.5, 0.6) is 0 Å². The molecule has 0 bridgehead atoms. The number of piperidine rings is 1. The lowest BCUT2D eigenvalue weighted by Crippen LogP contribution is -2.42. The van der Waals surface area contributed by atoms with Crippen molar-refractivity contribution >= 4 is 23.2 Å². The first kappa shape index (κ1) is 24.1. The van der Waals surface area contributed by atoms with Gasteiger partial charge in [-0.05, 0) is 51.4 Å². The molecule has 0 saturated carbocycles. The van der Waals surface area contributed by atoms with E-state index < -0.39 is 6.67 Å². The Labute approximate surface area is 200 Å². The number of aromatic nitrogens is 5. The Balaban J connectivity index is 1.51. The normalized spacial score (nSPS) is 15.9. The quantitative estimate of drug-likeness (QED) is 0.493. The fraction of sp³-hybridized carbons (Fsp3) is 0.583. The molecule has 0 amide bonds. The number of aryl methyl sites for hydroxylation is 1. The van der Waals surface area contributed by atoms with E-state index in [4.69, 9.17) is 10.7 Å². The summed E-state index contributed by atoms with van der Waals surface area (Å²) in [6.07, 6.45) is 8.16. The molecule has 1 saturated heterocycles. The highest BCUT2D eigenvalue weighted by Gasteiger charge is 2.22. The number of nitrogens with one attached hydrogen (secondary N) is 1. The molecular formula is C24H36FN9. The van der Waals surface area contributed by atoms with E-state index >= 15 is 0 Å². The maximum Gasteiger partial charge on any atom is 0.243 e. The molecule has 0 unspecified atom stereocenters. The molecule has 0 spiro atoms. The molecule has 10 heteroatoms. The van der Waals surface area contributed by atoms with Gasteiger partial charge in [0.25, 0.3) is 0 Å². The number of alkyl halides is 1. The molecule has 1 atom stereocenters. The van der Waals surface area contributed by atoms with E-state index in [-0.39, 0.29) is 11.9 Å². The predicted octanol–water partition coefficient (Wildman–Crippen LogP) is 3.08. The van der Waals surface area contributed by atoms with Crippen molar-refractivity contribution in [3.63, 3.8) is 0 Å². The lowest BCUT2D eigenvalue weighted by Gasteiger charge is -2.36. The van der Waals surface area contributed by atoms with E-state index in [2.05, 4.69) is 57.3 Å².